The van der Waals surface area contributed by atoms with Gasteiger partial charge in [0, 0.05) is 31.7 Å². The molecule has 21 heavy (non-hydrogen) atoms. The summed E-state index contributed by atoms with van der Waals surface area (Å²) in [6, 6.07) is 0. The normalized spacial score (nSPS) is 35.3. The second-order valence-electron chi connectivity index (χ2n) is 7.75. The zero-order valence-electron chi connectivity index (χ0n) is 14.1. The Morgan fingerprint density at radius 2 is 2.24 bits per heavy atom. The van der Waals surface area contributed by atoms with Gasteiger partial charge >= 0.3 is 0 Å². The molecule has 0 radical (unpaired) electrons. The van der Waals surface area contributed by atoms with E-state index in [1.807, 2.05) is 0 Å². The molecule has 3 atom stereocenters. The maximum Gasteiger partial charge on any atom is 0.0693 e. The Labute approximate surface area is 130 Å². The van der Waals surface area contributed by atoms with E-state index in [9.17, 15) is 5.11 Å². The highest BCUT2D eigenvalue weighted by Gasteiger charge is 2.36. The van der Waals surface area contributed by atoms with Crippen LogP contribution >= 0.6 is 0 Å². The van der Waals surface area contributed by atoms with Crippen LogP contribution < -0.4 is 5.32 Å². The van der Waals surface area contributed by atoms with Crippen LogP contribution in [0.4, 0.5) is 0 Å². The van der Waals surface area contributed by atoms with E-state index in [4.69, 9.17) is 4.74 Å². The van der Waals surface area contributed by atoms with E-state index >= 15 is 0 Å². The van der Waals surface area contributed by atoms with Crippen molar-refractivity contribution < 1.29 is 9.84 Å². The molecule has 0 saturated carbocycles. The van der Waals surface area contributed by atoms with Crippen molar-refractivity contribution in [2.24, 2.45) is 17.3 Å². The molecule has 2 rings (SSSR count). The van der Waals surface area contributed by atoms with Crippen LogP contribution in [-0.2, 0) is 4.74 Å². The number of β-amino-alcohol motifs (C(OH)–C–C–N with tert-alkyl or cyclic N) is 1. The van der Waals surface area contributed by atoms with Crippen molar-refractivity contribution in [1.82, 2.24) is 10.2 Å². The highest BCUT2D eigenvalue weighted by molar-refractivity contribution is 4.89. The third-order valence-corrected chi connectivity index (χ3v) is 5.02. The predicted octanol–water partition coefficient (Wildman–Crippen LogP) is 1.73. The van der Waals surface area contributed by atoms with Gasteiger partial charge in [0.1, 0.15) is 0 Å². The van der Waals surface area contributed by atoms with Gasteiger partial charge in [-0.1, -0.05) is 20.8 Å². The first-order valence-electron chi connectivity index (χ1n) is 8.70. The topological polar surface area (TPSA) is 44.7 Å². The van der Waals surface area contributed by atoms with Gasteiger partial charge in [-0.25, -0.2) is 0 Å². The summed E-state index contributed by atoms with van der Waals surface area (Å²) in [6.07, 6.45) is 3.34. The second-order valence-corrected chi connectivity index (χ2v) is 7.75. The summed E-state index contributed by atoms with van der Waals surface area (Å²) >= 11 is 0. The van der Waals surface area contributed by atoms with Crippen molar-refractivity contribution in [2.75, 3.05) is 45.9 Å². The summed E-state index contributed by atoms with van der Waals surface area (Å²) in [5.41, 5.74) is 0.230. The van der Waals surface area contributed by atoms with Gasteiger partial charge in [0.15, 0.2) is 0 Å². The van der Waals surface area contributed by atoms with Crippen molar-refractivity contribution in [2.45, 2.75) is 46.1 Å². The fourth-order valence-electron chi connectivity index (χ4n) is 3.59. The lowest BCUT2D eigenvalue weighted by Gasteiger charge is -2.44. The summed E-state index contributed by atoms with van der Waals surface area (Å²) in [5.74, 6) is 1.13. The van der Waals surface area contributed by atoms with Crippen molar-refractivity contribution >= 4 is 0 Å². The number of piperidine rings is 1. The summed E-state index contributed by atoms with van der Waals surface area (Å²) in [6.45, 7) is 13.5. The SMILES string of the molecule is CC(C)CNCC1(CN2CCC(C)C(O)C2)CCCOC1. The molecule has 2 heterocycles. The van der Waals surface area contributed by atoms with E-state index in [0.717, 1.165) is 58.8 Å². The molecule has 4 heteroatoms. The molecule has 2 N–H and O–H groups in total. The maximum atomic E-state index is 10.1. The highest BCUT2D eigenvalue weighted by atomic mass is 16.5. The molecule has 3 unspecified atom stereocenters. The molecule has 2 fully saturated rings. The fraction of sp³-hybridized carbons (Fsp3) is 1.00. The smallest absolute Gasteiger partial charge is 0.0693 e. The van der Waals surface area contributed by atoms with Gasteiger partial charge in [-0.2, -0.15) is 0 Å². The van der Waals surface area contributed by atoms with E-state index in [0.29, 0.717) is 11.8 Å². The maximum absolute atomic E-state index is 10.1. The molecule has 4 nitrogen and oxygen atoms in total. The van der Waals surface area contributed by atoms with E-state index in [2.05, 4.69) is 31.0 Å². The highest BCUT2D eigenvalue weighted by Crippen LogP contribution is 2.31. The van der Waals surface area contributed by atoms with E-state index in [1.54, 1.807) is 0 Å². The third kappa shape index (κ3) is 5.20. The number of likely N-dealkylation sites (tertiary alicyclic amines) is 1. The van der Waals surface area contributed by atoms with Gasteiger partial charge in [0.05, 0.1) is 12.7 Å². The summed E-state index contributed by atoms with van der Waals surface area (Å²) in [4.78, 5) is 2.45. The van der Waals surface area contributed by atoms with Crippen LogP contribution in [-0.4, -0.2) is 62.0 Å². The molecule has 0 amide bonds. The van der Waals surface area contributed by atoms with E-state index in [1.165, 1.54) is 6.42 Å². The lowest BCUT2D eigenvalue weighted by Crippen LogP contribution is -2.53. The van der Waals surface area contributed by atoms with Crippen molar-refractivity contribution in [3.63, 3.8) is 0 Å². The van der Waals surface area contributed by atoms with E-state index in [-0.39, 0.29) is 11.5 Å². The van der Waals surface area contributed by atoms with Crippen molar-refractivity contribution in [1.29, 1.82) is 0 Å². The Bertz CT molecular complexity index is 303. The molecule has 0 aliphatic carbocycles. The molecule has 124 valence electrons. The monoisotopic (exact) mass is 298 g/mol. The van der Waals surface area contributed by atoms with Gasteiger partial charge in [-0.05, 0) is 44.2 Å². The lowest BCUT2D eigenvalue weighted by atomic mass is 9.80. The fourth-order valence-corrected chi connectivity index (χ4v) is 3.59. The molecule has 0 spiro atoms. The van der Waals surface area contributed by atoms with Crippen LogP contribution in [0.3, 0.4) is 0 Å². The van der Waals surface area contributed by atoms with Gasteiger partial charge in [0.2, 0.25) is 0 Å². The number of nitrogens with zero attached hydrogens (tertiary/aromatic N) is 1. The van der Waals surface area contributed by atoms with Crippen molar-refractivity contribution in [3.05, 3.63) is 0 Å². The quantitative estimate of drug-likeness (QED) is 0.784. The Morgan fingerprint density at radius 3 is 2.86 bits per heavy atom. The number of hydrogen-bond acceptors (Lipinski definition) is 4. The minimum atomic E-state index is -0.163. The Hall–Kier alpha value is -0.160. The van der Waals surface area contributed by atoms with Crippen LogP contribution in [0.5, 0.6) is 0 Å². The zero-order valence-corrected chi connectivity index (χ0v) is 14.1. The Kier molecular flexibility index (Phi) is 6.48. The van der Waals surface area contributed by atoms with Gasteiger partial charge in [-0.3, -0.25) is 0 Å². The molecule has 2 aliphatic heterocycles. The van der Waals surface area contributed by atoms with Crippen LogP contribution in [0, 0.1) is 17.3 Å². The Balaban J connectivity index is 1.89. The van der Waals surface area contributed by atoms with Gasteiger partial charge in [0.25, 0.3) is 0 Å². The molecule has 0 aromatic heterocycles. The molecule has 2 aliphatic rings. The largest absolute Gasteiger partial charge is 0.392 e. The van der Waals surface area contributed by atoms with Crippen LogP contribution in [0.15, 0.2) is 0 Å². The average Bonchev–Trinajstić information content (AvgIpc) is 2.43. The molecule has 0 aromatic carbocycles. The molecule has 0 aromatic rings. The summed E-state index contributed by atoms with van der Waals surface area (Å²) < 4.78 is 5.80. The average molecular weight is 298 g/mol. The first-order chi connectivity index (χ1) is 10.0. The van der Waals surface area contributed by atoms with E-state index < -0.39 is 0 Å². The van der Waals surface area contributed by atoms with Crippen LogP contribution in [0.1, 0.15) is 40.0 Å². The summed E-state index contributed by atoms with van der Waals surface area (Å²) in [7, 11) is 0. The zero-order chi connectivity index (χ0) is 15.3. The number of hydrogen-bond donors (Lipinski definition) is 2. The molecule has 0 bridgehead atoms. The predicted molar refractivity (Wildman–Crippen MR) is 86.4 cm³/mol. The van der Waals surface area contributed by atoms with Gasteiger partial charge < -0.3 is 20.1 Å². The minimum absolute atomic E-state index is 0.163. The Morgan fingerprint density at radius 1 is 1.43 bits per heavy atom. The number of aliphatic hydroxyl groups excluding tert-OH is 1. The standard InChI is InChI=1S/C17H34N2O2/c1-14(2)9-18-11-17(6-4-8-21-13-17)12-19-7-5-15(3)16(20)10-19/h14-16,18,20H,4-13H2,1-3H3. The number of rotatable bonds is 6. The summed E-state index contributed by atoms with van der Waals surface area (Å²) in [5, 5.41) is 13.8. The van der Waals surface area contributed by atoms with Gasteiger partial charge in [-0.15, -0.1) is 0 Å². The minimum Gasteiger partial charge on any atom is -0.392 e. The third-order valence-electron chi connectivity index (χ3n) is 5.02. The number of aliphatic hydroxyl groups is 1. The number of ether oxygens (including phenoxy) is 1. The first-order valence-corrected chi connectivity index (χ1v) is 8.70. The van der Waals surface area contributed by atoms with Crippen LogP contribution in [0.2, 0.25) is 0 Å². The number of nitrogens with one attached hydrogen (secondary N) is 1. The lowest BCUT2D eigenvalue weighted by molar-refractivity contribution is -0.0467. The van der Waals surface area contributed by atoms with Crippen LogP contribution in [0.25, 0.3) is 0 Å². The molecular weight excluding hydrogens is 264 g/mol. The first kappa shape index (κ1) is 17.2. The molecule has 2 saturated heterocycles. The molecular formula is C17H34N2O2. The van der Waals surface area contributed by atoms with Crippen molar-refractivity contribution in [3.8, 4) is 0 Å². The second kappa shape index (κ2) is 7.91.